The van der Waals surface area contributed by atoms with Gasteiger partial charge in [0, 0.05) is 38.4 Å². The van der Waals surface area contributed by atoms with Gasteiger partial charge in [0.25, 0.3) is 0 Å². The molecular weight excluding hydrogens is 294 g/mol. The van der Waals surface area contributed by atoms with Crippen LogP contribution in [0.1, 0.15) is 0 Å². The molecule has 0 spiro atoms. The molecular formula is C13H20BrN3O. The summed E-state index contributed by atoms with van der Waals surface area (Å²) in [7, 11) is 2.16. The summed E-state index contributed by atoms with van der Waals surface area (Å²) in [6, 6.07) is 5.70. The fourth-order valence-electron chi connectivity index (χ4n) is 2.00. The van der Waals surface area contributed by atoms with Gasteiger partial charge in [0.2, 0.25) is 0 Å². The van der Waals surface area contributed by atoms with E-state index in [-0.39, 0.29) is 0 Å². The molecule has 5 heteroatoms. The molecule has 4 nitrogen and oxygen atoms in total. The number of benzene rings is 1. The largest absolute Gasteiger partial charge is 0.491 e. The lowest BCUT2D eigenvalue weighted by Crippen LogP contribution is -2.45. The number of rotatable bonds is 4. The van der Waals surface area contributed by atoms with Crippen molar-refractivity contribution in [3.05, 3.63) is 22.7 Å². The fraction of sp³-hybridized carbons (Fsp3) is 0.538. The van der Waals surface area contributed by atoms with Crippen molar-refractivity contribution in [2.24, 2.45) is 0 Å². The highest BCUT2D eigenvalue weighted by molar-refractivity contribution is 9.10. The number of halogens is 1. The zero-order chi connectivity index (χ0) is 13.0. The standard InChI is InChI=1S/C13H20BrN3O/c1-16-5-7-17(8-6-16)9-10-18-12-4-2-3-11(15)13(12)14/h2-4H,5-10,15H2,1H3. The van der Waals surface area contributed by atoms with E-state index < -0.39 is 0 Å². The SMILES string of the molecule is CN1CCN(CCOc2cccc(N)c2Br)CC1. The highest BCUT2D eigenvalue weighted by atomic mass is 79.9. The summed E-state index contributed by atoms with van der Waals surface area (Å²) in [6.45, 7) is 6.20. The number of hydrogen-bond acceptors (Lipinski definition) is 4. The minimum atomic E-state index is 0.700. The molecule has 1 aromatic carbocycles. The number of piperazine rings is 1. The summed E-state index contributed by atoms with van der Waals surface area (Å²) in [6.07, 6.45) is 0. The lowest BCUT2D eigenvalue weighted by Gasteiger charge is -2.32. The van der Waals surface area contributed by atoms with E-state index in [2.05, 4.69) is 32.8 Å². The van der Waals surface area contributed by atoms with Crippen LogP contribution in [0.3, 0.4) is 0 Å². The average Bonchev–Trinajstić information content (AvgIpc) is 2.37. The predicted molar refractivity (Wildman–Crippen MR) is 78.0 cm³/mol. The molecule has 1 saturated heterocycles. The van der Waals surface area contributed by atoms with Crippen molar-refractivity contribution in [2.45, 2.75) is 0 Å². The van der Waals surface area contributed by atoms with Crippen LogP contribution < -0.4 is 10.5 Å². The smallest absolute Gasteiger partial charge is 0.135 e. The molecule has 0 unspecified atom stereocenters. The van der Waals surface area contributed by atoms with Gasteiger partial charge in [0.05, 0.1) is 4.47 Å². The molecule has 0 bridgehead atoms. The van der Waals surface area contributed by atoms with E-state index in [9.17, 15) is 0 Å². The van der Waals surface area contributed by atoms with Gasteiger partial charge < -0.3 is 15.4 Å². The molecule has 2 rings (SSSR count). The van der Waals surface area contributed by atoms with Crippen molar-refractivity contribution in [3.63, 3.8) is 0 Å². The summed E-state index contributed by atoms with van der Waals surface area (Å²) >= 11 is 3.44. The molecule has 0 amide bonds. The molecule has 1 fully saturated rings. The van der Waals surface area contributed by atoms with Gasteiger partial charge in [-0.25, -0.2) is 0 Å². The quantitative estimate of drug-likeness (QED) is 0.858. The van der Waals surface area contributed by atoms with Crippen molar-refractivity contribution in [3.8, 4) is 5.75 Å². The Labute approximate surface area is 117 Å². The molecule has 0 aliphatic carbocycles. The summed E-state index contributed by atoms with van der Waals surface area (Å²) in [5.41, 5.74) is 6.52. The molecule has 18 heavy (non-hydrogen) atoms. The van der Waals surface area contributed by atoms with Gasteiger partial charge >= 0.3 is 0 Å². The Bertz CT molecular complexity index is 392. The minimum Gasteiger partial charge on any atom is -0.491 e. The number of hydrogen-bond donors (Lipinski definition) is 1. The molecule has 1 aromatic rings. The van der Waals surface area contributed by atoms with Crippen molar-refractivity contribution in [2.75, 3.05) is 52.1 Å². The van der Waals surface area contributed by atoms with Crippen LogP contribution in [-0.2, 0) is 0 Å². The molecule has 100 valence electrons. The summed E-state index contributed by atoms with van der Waals surface area (Å²) in [4.78, 5) is 4.78. The number of nitrogens with two attached hydrogens (primary N) is 1. The molecule has 0 saturated carbocycles. The summed E-state index contributed by atoms with van der Waals surface area (Å²) in [5.74, 6) is 0.823. The van der Waals surface area contributed by atoms with E-state index in [4.69, 9.17) is 10.5 Å². The maximum Gasteiger partial charge on any atom is 0.135 e. The molecule has 2 N–H and O–H groups in total. The van der Waals surface area contributed by atoms with Gasteiger partial charge in [-0.2, -0.15) is 0 Å². The van der Waals surface area contributed by atoms with E-state index in [0.29, 0.717) is 12.3 Å². The van der Waals surface area contributed by atoms with Gasteiger partial charge in [0.15, 0.2) is 0 Å². The van der Waals surface area contributed by atoms with E-state index in [1.165, 1.54) is 0 Å². The van der Waals surface area contributed by atoms with Gasteiger partial charge in [-0.15, -0.1) is 0 Å². The van der Waals surface area contributed by atoms with Crippen molar-refractivity contribution >= 4 is 21.6 Å². The highest BCUT2D eigenvalue weighted by Gasteiger charge is 2.13. The molecule has 0 radical (unpaired) electrons. The average molecular weight is 314 g/mol. The van der Waals surface area contributed by atoms with Crippen LogP contribution in [0.4, 0.5) is 5.69 Å². The maximum absolute atomic E-state index is 5.81. The van der Waals surface area contributed by atoms with Crippen LogP contribution >= 0.6 is 15.9 Å². The third-order valence-corrected chi connectivity index (χ3v) is 4.10. The van der Waals surface area contributed by atoms with Crippen LogP contribution in [0.5, 0.6) is 5.75 Å². The van der Waals surface area contributed by atoms with Gasteiger partial charge in [-0.05, 0) is 35.1 Å². The Balaban J connectivity index is 1.77. The number of likely N-dealkylation sites (N-methyl/N-ethyl adjacent to an activating group) is 1. The van der Waals surface area contributed by atoms with Crippen molar-refractivity contribution < 1.29 is 4.74 Å². The van der Waals surface area contributed by atoms with Gasteiger partial charge in [-0.3, -0.25) is 4.90 Å². The highest BCUT2D eigenvalue weighted by Crippen LogP contribution is 2.30. The second-order valence-electron chi connectivity index (χ2n) is 4.65. The number of nitrogens with zero attached hydrogens (tertiary/aromatic N) is 2. The normalized spacial score (nSPS) is 17.9. The fourth-order valence-corrected chi connectivity index (χ4v) is 2.37. The van der Waals surface area contributed by atoms with Gasteiger partial charge in [-0.1, -0.05) is 6.07 Å². The zero-order valence-electron chi connectivity index (χ0n) is 10.7. The second kappa shape index (κ2) is 6.41. The molecule has 0 atom stereocenters. The Morgan fingerprint density at radius 2 is 2.00 bits per heavy atom. The number of ether oxygens (including phenoxy) is 1. The summed E-state index contributed by atoms with van der Waals surface area (Å²) < 4.78 is 6.62. The number of nitrogen functional groups attached to an aromatic ring is 1. The van der Waals surface area contributed by atoms with Crippen LogP contribution in [-0.4, -0.2) is 56.2 Å². The Hall–Kier alpha value is -0.780. The molecule has 1 aliphatic heterocycles. The van der Waals surface area contributed by atoms with Crippen LogP contribution in [0.15, 0.2) is 22.7 Å². The van der Waals surface area contributed by atoms with Crippen molar-refractivity contribution in [1.82, 2.24) is 9.80 Å². The van der Waals surface area contributed by atoms with E-state index in [0.717, 1.165) is 42.9 Å². The predicted octanol–water partition coefficient (Wildman–Crippen LogP) is 1.66. The minimum absolute atomic E-state index is 0.700. The first-order chi connectivity index (χ1) is 8.66. The lowest BCUT2D eigenvalue weighted by atomic mass is 10.3. The van der Waals surface area contributed by atoms with Gasteiger partial charge in [0.1, 0.15) is 12.4 Å². The zero-order valence-corrected chi connectivity index (χ0v) is 12.3. The van der Waals surface area contributed by atoms with Crippen LogP contribution in [0, 0.1) is 0 Å². The topological polar surface area (TPSA) is 41.7 Å². The maximum atomic E-state index is 5.81. The first-order valence-corrected chi connectivity index (χ1v) is 7.04. The van der Waals surface area contributed by atoms with E-state index in [1.54, 1.807) is 0 Å². The third kappa shape index (κ3) is 3.60. The Morgan fingerprint density at radius 1 is 1.28 bits per heavy atom. The van der Waals surface area contributed by atoms with Crippen LogP contribution in [0.25, 0.3) is 0 Å². The van der Waals surface area contributed by atoms with E-state index >= 15 is 0 Å². The lowest BCUT2D eigenvalue weighted by molar-refractivity contribution is 0.133. The van der Waals surface area contributed by atoms with Crippen LogP contribution in [0.2, 0.25) is 0 Å². The Kier molecular flexibility index (Phi) is 4.86. The van der Waals surface area contributed by atoms with Crippen molar-refractivity contribution in [1.29, 1.82) is 0 Å². The Morgan fingerprint density at radius 3 is 2.72 bits per heavy atom. The number of anilines is 1. The first kappa shape index (κ1) is 13.6. The molecule has 1 heterocycles. The summed E-state index contributed by atoms with van der Waals surface area (Å²) in [5, 5.41) is 0. The second-order valence-corrected chi connectivity index (χ2v) is 5.45. The monoisotopic (exact) mass is 313 g/mol. The first-order valence-electron chi connectivity index (χ1n) is 6.24. The molecule has 0 aromatic heterocycles. The third-order valence-electron chi connectivity index (χ3n) is 3.25. The van der Waals surface area contributed by atoms with E-state index in [1.807, 2.05) is 18.2 Å². The molecule has 1 aliphatic rings.